The fourth-order valence-corrected chi connectivity index (χ4v) is 2.98. The van der Waals surface area contributed by atoms with E-state index in [1.807, 2.05) is 30.3 Å². The third kappa shape index (κ3) is 3.37. The summed E-state index contributed by atoms with van der Waals surface area (Å²) in [6, 6.07) is 12.9. The first kappa shape index (κ1) is 15.7. The highest BCUT2D eigenvalue weighted by Crippen LogP contribution is 2.25. The summed E-state index contributed by atoms with van der Waals surface area (Å²) >= 11 is 6.00. The van der Waals surface area contributed by atoms with Crippen LogP contribution in [0.2, 0.25) is 5.02 Å². The summed E-state index contributed by atoms with van der Waals surface area (Å²) in [6.07, 6.45) is 2.46. The fraction of sp³-hybridized carbons (Fsp3) is 0.158. The fourth-order valence-electron chi connectivity index (χ4n) is 2.79. The first-order valence-electron chi connectivity index (χ1n) is 7.93. The van der Waals surface area contributed by atoms with Crippen LogP contribution in [-0.4, -0.2) is 17.4 Å². The van der Waals surface area contributed by atoms with Crippen LogP contribution in [0.4, 0.5) is 0 Å². The molecule has 0 fully saturated rings. The predicted octanol–water partition coefficient (Wildman–Crippen LogP) is 3.86. The maximum Gasteiger partial charge on any atom is 0.251 e. The van der Waals surface area contributed by atoms with Gasteiger partial charge in [-0.15, -0.1) is 0 Å². The number of fused-ring (bicyclic) bond motifs is 1. The van der Waals surface area contributed by atoms with Crippen LogP contribution < -0.4 is 10.1 Å². The van der Waals surface area contributed by atoms with E-state index in [4.69, 9.17) is 20.8 Å². The number of nitrogens with zero attached hydrogens (tertiary/aromatic N) is 1. The van der Waals surface area contributed by atoms with Crippen molar-refractivity contribution >= 4 is 17.5 Å². The molecule has 4 rings (SSSR count). The number of halogens is 1. The van der Waals surface area contributed by atoms with Crippen molar-refractivity contribution in [3.05, 3.63) is 70.7 Å². The molecule has 0 spiro atoms. The number of amides is 1. The van der Waals surface area contributed by atoms with Gasteiger partial charge in [-0.1, -0.05) is 23.7 Å². The molecule has 3 aromatic rings. The molecule has 1 aliphatic heterocycles. The van der Waals surface area contributed by atoms with Crippen LogP contribution in [0.25, 0.3) is 11.3 Å². The van der Waals surface area contributed by atoms with E-state index < -0.39 is 0 Å². The minimum Gasteiger partial charge on any atom is -0.484 e. The topological polar surface area (TPSA) is 64.4 Å². The predicted molar refractivity (Wildman–Crippen MR) is 93.8 cm³/mol. The van der Waals surface area contributed by atoms with Gasteiger partial charge in [0.2, 0.25) is 5.89 Å². The van der Waals surface area contributed by atoms with Crippen molar-refractivity contribution in [1.82, 2.24) is 10.3 Å². The Morgan fingerprint density at radius 1 is 1.24 bits per heavy atom. The maximum absolute atomic E-state index is 11.8. The molecule has 2 heterocycles. The molecule has 0 aliphatic carbocycles. The SMILES string of the molecule is O=C1NCCc2cc(OCc3ncc(-c4cccc(Cl)c4)o3)ccc21. The highest BCUT2D eigenvalue weighted by molar-refractivity contribution is 6.30. The summed E-state index contributed by atoms with van der Waals surface area (Å²) in [5.74, 6) is 1.77. The van der Waals surface area contributed by atoms with Crippen molar-refractivity contribution in [2.45, 2.75) is 13.0 Å². The molecule has 1 aliphatic rings. The Hall–Kier alpha value is -2.79. The van der Waals surface area contributed by atoms with Crippen LogP contribution in [-0.2, 0) is 13.0 Å². The van der Waals surface area contributed by atoms with E-state index in [9.17, 15) is 4.79 Å². The average Bonchev–Trinajstić information content (AvgIpc) is 3.09. The summed E-state index contributed by atoms with van der Waals surface area (Å²) in [5, 5.41) is 3.47. The Morgan fingerprint density at radius 2 is 2.16 bits per heavy atom. The lowest BCUT2D eigenvalue weighted by molar-refractivity contribution is 0.0946. The van der Waals surface area contributed by atoms with E-state index in [1.54, 1.807) is 18.3 Å². The van der Waals surface area contributed by atoms with E-state index >= 15 is 0 Å². The van der Waals surface area contributed by atoms with Crippen molar-refractivity contribution in [3.8, 4) is 17.1 Å². The molecule has 126 valence electrons. The van der Waals surface area contributed by atoms with Gasteiger partial charge in [0.25, 0.3) is 5.91 Å². The van der Waals surface area contributed by atoms with Gasteiger partial charge in [-0.3, -0.25) is 4.79 Å². The maximum atomic E-state index is 11.8. The Morgan fingerprint density at radius 3 is 3.04 bits per heavy atom. The largest absolute Gasteiger partial charge is 0.484 e. The quantitative estimate of drug-likeness (QED) is 0.772. The lowest BCUT2D eigenvalue weighted by Gasteiger charge is -2.17. The molecule has 0 atom stereocenters. The summed E-state index contributed by atoms with van der Waals surface area (Å²) in [5.41, 5.74) is 2.57. The number of hydrogen-bond donors (Lipinski definition) is 1. The van der Waals surface area contributed by atoms with Crippen molar-refractivity contribution in [3.63, 3.8) is 0 Å². The molecular formula is C19H15ClN2O3. The normalized spacial score (nSPS) is 13.2. The highest BCUT2D eigenvalue weighted by Gasteiger charge is 2.17. The average molecular weight is 355 g/mol. The lowest BCUT2D eigenvalue weighted by Crippen LogP contribution is -2.31. The van der Waals surface area contributed by atoms with Gasteiger partial charge < -0.3 is 14.5 Å². The van der Waals surface area contributed by atoms with Crippen LogP contribution in [0.5, 0.6) is 5.75 Å². The van der Waals surface area contributed by atoms with E-state index in [-0.39, 0.29) is 12.5 Å². The molecule has 1 amide bonds. The van der Waals surface area contributed by atoms with Gasteiger partial charge in [0, 0.05) is 22.7 Å². The van der Waals surface area contributed by atoms with E-state index in [1.165, 1.54) is 0 Å². The Labute approximate surface area is 149 Å². The van der Waals surface area contributed by atoms with Crippen molar-refractivity contribution in [2.24, 2.45) is 0 Å². The molecule has 0 bridgehead atoms. The zero-order valence-corrected chi connectivity index (χ0v) is 14.0. The molecule has 0 radical (unpaired) electrons. The number of benzene rings is 2. The first-order chi connectivity index (χ1) is 12.2. The smallest absolute Gasteiger partial charge is 0.251 e. The molecule has 25 heavy (non-hydrogen) atoms. The lowest BCUT2D eigenvalue weighted by atomic mass is 10.0. The number of nitrogens with one attached hydrogen (secondary N) is 1. The summed E-state index contributed by atoms with van der Waals surface area (Å²) in [4.78, 5) is 16.0. The Bertz CT molecular complexity index is 936. The van der Waals surface area contributed by atoms with Gasteiger partial charge >= 0.3 is 0 Å². The van der Waals surface area contributed by atoms with Crippen LogP contribution >= 0.6 is 11.6 Å². The number of carbonyl (C=O) groups is 1. The van der Waals surface area contributed by atoms with Crippen LogP contribution in [0.1, 0.15) is 21.8 Å². The molecule has 6 heteroatoms. The molecule has 1 N–H and O–H groups in total. The van der Waals surface area contributed by atoms with Crippen LogP contribution in [0.3, 0.4) is 0 Å². The monoisotopic (exact) mass is 354 g/mol. The van der Waals surface area contributed by atoms with E-state index in [2.05, 4.69) is 10.3 Å². The minimum absolute atomic E-state index is 0.0355. The first-order valence-corrected chi connectivity index (χ1v) is 8.31. The molecule has 2 aromatic carbocycles. The molecular weight excluding hydrogens is 340 g/mol. The van der Waals surface area contributed by atoms with Crippen molar-refractivity contribution in [2.75, 3.05) is 6.54 Å². The van der Waals surface area contributed by atoms with E-state index in [0.29, 0.717) is 34.5 Å². The van der Waals surface area contributed by atoms with Crippen LogP contribution in [0.15, 0.2) is 53.1 Å². The Kier molecular flexibility index (Phi) is 4.15. The number of aromatic nitrogens is 1. The summed E-state index contributed by atoms with van der Waals surface area (Å²) < 4.78 is 11.5. The number of oxazole rings is 1. The molecule has 0 saturated heterocycles. The zero-order valence-electron chi connectivity index (χ0n) is 13.3. The Balaban J connectivity index is 1.46. The molecule has 0 saturated carbocycles. The molecule has 0 unspecified atom stereocenters. The van der Waals surface area contributed by atoms with Gasteiger partial charge in [-0.25, -0.2) is 4.98 Å². The third-order valence-electron chi connectivity index (χ3n) is 4.03. The molecule has 5 nitrogen and oxygen atoms in total. The molecule has 1 aromatic heterocycles. The van der Waals surface area contributed by atoms with Crippen LogP contribution in [0, 0.1) is 0 Å². The number of hydrogen-bond acceptors (Lipinski definition) is 4. The number of rotatable bonds is 4. The second-order valence-corrected chi connectivity index (χ2v) is 6.18. The second-order valence-electron chi connectivity index (χ2n) is 5.74. The van der Waals surface area contributed by atoms with Gasteiger partial charge in [-0.2, -0.15) is 0 Å². The highest BCUT2D eigenvalue weighted by atomic mass is 35.5. The van der Waals surface area contributed by atoms with Crippen molar-refractivity contribution in [1.29, 1.82) is 0 Å². The van der Waals surface area contributed by atoms with Gasteiger partial charge in [0.15, 0.2) is 12.4 Å². The summed E-state index contributed by atoms with van der Waals surface area (Å²) in [7, 11) is 0. The van der Waals surface area contributed by atoms with Gasteiger partial charge in [0.1, 0.15) is 5.75 Å². The third-order valence-corrected chi connectivity index (χ3v) is 4.26. The van der Waals surface area contributed by atoms with Crippen molar-refractivity contribution < 1.29 is 13.9 Å². The van der Waals surface area contributed by atoms with E-state index in [0.717, 1.165) is 17.5 Å². The second kappa shape index (κ2) is 6.61. The minimum atomic E-state index is -0.0355. The standard InChI is InChI=1S/C19H15ClN2O3/c20-14-3-1-2-13(8-14)17-10-22-18(25-17)11-24-15-4-5-16-12(9-15)6-7-21-19(16)23/h1-5,8-10H,6-7,11H2,(H,21,23). The number of carbonyl (C=O) groups excluding carboxylic acids is 1. The van der Waals surface area contributed by atoms with Gasteiger partial charge in [0.05, 0.1) is 6.20 Å². The van der Waals surface area contributed by atoms with Gasteiger partial charge in [-0.05, 0) is 42.3 Å². The summed E-state index contributed by atoms with van der Waals surface area (Å²) in [6.45, 7) is 0.865. The number of ether oxygens (including phenoxy) is 1. The zero-order chi connectivity index (χ0) is 17.2.